The van der Waals surface area contributed by atoms with E-state index >= 15 is 0 Å². The molecular weight excluding hydrogens is 220 g/mol. The number of carbonyl (C=O) groups is 1. The molecule has 1 saturated carbocycles. The summed E-state index contributed by atoms with van der Waals surface area (Å²) in [6, 6.07) is 0. The Morgan fingerprint density at radius 2 is 2.35 bits per heavy atom. The summed E-state index contributed by atoms with van der Waals surface area (Å²) in [4.78, 5) is 28.9. The van der Waals surface area contributed by atoms with Gasteiger partial charge in [-0.25, -0.2) is 9.78 Å². The van der Waals surface area contributed by atoms with E-state index in [-0.39, 0.29) is 11.5 Å². The van der Waals surface area contributed by atoms with E-state index in [1.165, 1.54) is 0 Å². The molecule has 2 atom stereocenters. The number of carboxylic acid groups (broad SMARTS) is 1. The molecule has 1 aromatic rings. The van der Waals surface area contributed by atoms with Crippen molar-refractivity contribution in [2.24, 2.45) is 5.92 Å². The normalized spacial score (nSPS) is 23.8. The van der Waals surface area contributed by atoms with Crippen LogP contribution in [-0.4, -0.2) is 21.0 Å². The maximum atomic E-state index is 11.5. The lowest BCUT2D eigenvalue weighted by Gasteiger charge is -2.09. The van der Waals surface area contributed by atoms with Gasteiger partial charge in [-0.3, -0.25) is 4.79 Å². The van der Waals surface area contributed by atoms with Gasteiger partial charge in [-0.15, -0.1) is 0 Å². The standard InChI is InChI=1S/C12H16N2O3/c1-2-7-3-4-8(5-7)10-13-6-9(12(16)17)11(15)14-10/h6-8H,2-5H2,1H3,(H,16,17)(H,13,14,15). The van der Waals surface area contributed by atoms with Crippen LogP contribution in [0.5, 0.6) is 0 Å². The number of hydrogen-bond donors (Lipinski definition) is 2. The van der Waals surface area contributed by atoms with Gasteiger partial charge in [-0.05, 0) is 25.2 Å². The maximum absolute atomic E-state index is 11.5. The second-order valence-electron chi connectivity index (χ2n) is 4.60. The van der Waals surface area contributed by atoms with Gasteiger partial charge in [0.05, 0.1) is 0 Å². The molecule has 17 heavy (non-hydrogen) atoms. The lowest BCUT2D eigenvalue weighted by molar-refractivity contribution is 0.0694. The van der Waals surface area contributed by atoms with Crippen LogP contribution in [0, 0.1) is 5.92 Å². The lowest BCUT2D eigenvalue weighted by Crippen LogP contribution is -2.21. The highest BCUT2D eigenvalue weighted by Gasteiger charge is 2.26. The van der Waals surface area contributed by atoms with Crippen molar-refractivity contribution in [1.29, 1.82) is 0 Å². The molecule has 5 nitrogen and oxygen atoms in total. The van der Waals surface area contributed by atoms with Crippen LogP contribution in [0.25, 0.3) is 0 Å². The Labute approximate surface area is 98.9 Å². The molecular formula is C12H16N2O3. The van der Waals surface area contributed by atoms with Gasteiger partial charge in [0.15, 0.2) is 0 Å². The molecule has 1 heterocycles. The maximum Gasteiger partial charge on any atom is 0.342 e. The summed E-state index contributed by atoms with van der Waals surface area (Å²) in [7, 11) is 0. The monoisotopic (exact) mass is 236 g/mol. The third-order valence-corrected chi connectivity index (χ3v) is 3.55. The van der Waals surface area contributed by atoms with Gasteiger partial charge >= 0.3 is 5.97 Å². The quantitative estimate of drug-likeness (QED) is 0.837. The van der Waals surface area contributed by atoms with Crippen LogP contribution < -0.4 is 5.56 Å². The van der Waals surface area contributed by atoms with E-state index in [1.54, 1.807) is 0 Å². The van der Waals surface area contributed by atoms with Crippen molar-refractivity contribution in [3.63, 3.8) is 0 Å². The number of rotatable bonds is 3. The summed E-state index contributed by atoms with van der Waals surface area (Å²) in [5.74, 6) is 0.374. The molecule has 0 aliphatic heterocycles. The molecule has 2 unspecified atom stereocenters. The zero-order valence-electron chi connectivity index (χ0n) is 9.77. The van der Waals surface area contributed by atoms with E-state index in [1.807, 2.05) is 0 Å². The van der Waals surface area contributed by atoms with E-state index < -0.39 is 11.5 Å². The van der Waals surface area contributed by atoms with E-state index in [2.05, 4.69) is 16.9 Å². The molecule has 2 N–H and O–H groups in total. The molecule has 1 aliphatic rings. The highest BCUT2D eigenvalue weighted by molar-refractivity contribution is 5.86. The van der Waals surface area contributed by atoms with Crippen molar-refractivity contribution < 1.29 is 9.90 Å². The van der Waals surface area contributed by atoms with Crippen LogP contribution >= 0.6 is 0 Å². The number of aromatic carboxylic acids is 1. The molecule has 0 radical (unpaired) electrons. The van der Waals surface area contributed by atoms with E-state index in [4.69, 9.17) is 5.11 Å². The highest BCUT2D eigenvalue weighted by atomic mass is 16.4. The SMILES string of the molecule is CCC1CCC(c2ncc(C(=O)O)c(=O)[nH]2)C1. The molecule has 5 heteroatoms. The van der Waals surface area contributed by atoms with Crippen molar-refractivity contribution in [2.45, 2.75) is 38.5 Å². The number of carboxylic acids is 1. The molecule has 1 aliphatic carbocycles. The second kappa shape index (κ2) is 4.69. The van der Waals surface area contributed by atoms with Crippen LogP contribution in [0.4, 0.5) is 0 Å². The zero-order chi connectivity index (χ0) is 12.4. The fourth-order valence-electron chi connectivity index (χ4n) is 2.46. The lowest BCUT2D eigenvalue weighted by atomic mass is 10.0. The fraction of sp³-hybridized carbons (Fsp3) is 0.583. The van der Waals surface area contributed by atoms with Gasteiger partial charge in [0.1, 0.15) is 11.4 Å². The third kappa shape index (κ3) is 2.38. The number of hydrogen-bond acceptors (Lipinski definition) is 3. The van der Waals surface area contributed by atoms with Gasteiger partial charge in [0.2, 0.25) is 0 Å². The van der Waals surface area contributed by atoms with Crippen molar-refractivity contribution in [3.05, 3.63) is 27.9 Å². The Morgan fingerprint density at radius 1 is 1.59 bits per heavy atom. The molecule has 0 amide bonds. The van der Waals surface area contributed by atoms with Gasteiger partial charge in [-0.2, -0.15) is 0 Å². The average Bonchev–Trinajstić information content (AvgIpc) is 2.76. The van der Waals surface area contributed by atoms with Crippen LogP contribution in [0.15, 0.2) is 11.0 Å². The first-order valence-corrected chi connectivity index (χ1v) is 5.94. The van der Waals surface area contributed by atoms with Gasteiger partial charge in [0, 0.05) is 12.1 Å². The Hall–Kier alpha value is -1.65. The summed E-state index contributed by atoms with van der Waals surface area (Å²) in [6.07, 6.45) is 5.52. The molecule has 92 valence electrons. The molecule has 0 aromatic carbocycles. The van der Waals surface area contributed by atoms with Crippen molar-refractivity contribution in [2.75, 3.05) is 0 Å². The van der Waals surface area contributed by atoms with E-state index in [0.29, 0.717) is 11.7 Å². The average molecular weight is 236 g/mol. The van der Waals surface area contributed by atoms with Crippen molar-refractivity contribution in [1.82, 2.24) is 9.97 Å². The first-order valence-electron chi connectivity index (χ1n) is 5.94. The highest BCUT2D eigenvalue weighted by Crippen LogP contribution is 2.37. The van der Waals surface area contributed by atoms with E-state index in [9.17, 15) is 9.59 Å². The first kappa shape index (κ1) is 11.8. The molecule has 0 spiro atoms. The van der Waals surface area contributed by atoms with Crippen LogP contribution in [0.2, 0.25) is 0 Å². The number of nitrogens with one attached hydrogen (secondary N) is 1. The summed E-state index contributed by atoms with van der Waals surface area (Å²) in [5, 5.41) is 8.74. The van der Waals surface area contributed by atoms with Crippen molar-refractivity contribution in [3.8, 4) is 0 Å². The minimum absolute atomic E-state index is 0.274. The Balaban J connectivity index is 2.21. The Bertz CT molecular complexity index is 481. The fourth-order valence-corrected chi connectivity index (χ4v) is 2.46. The smallest absolute Gasteiger partial charge is 0.342 e. The Kier molecular flexibility index (Phi) is 3.26. The van der Waals surface area contributed by atoms with Crippen LogP contribution in [0.3, 0.4) is 0 Å². The minimum atomic E-state index is -1.23. The molecule has 1 fully saturated rings. The first-order chi connectivity index (χ1) is 8.11. The molecule has 1 aromatic heterocycles. The molecule has 2 rings (SSSR count). The van der Waals surface area contributed by atoms with Gasteiger partial charge in [-0.1, -0.05) is 13.3 Å². The van der Waals surface area contributed by atoms with E-state index in [0.717, 1.165) is 31.9 Å². The third-order valence-electron chi connectivity index (χ3n) is 3.55. The number of aromatic amines is 1. The summed E-state index contributed by atoms with van der Waals surface area (Å²) in [5.41, 5.74) is -0.846. The topological polar surface area (TPSA) is 83.0 Å². The number of nitrogens with zero attached hydrogens (tertiary/aromatic N) is 1. The van der Waals surface area contributed by atoms with Gasteiger partial charge < -0.3 is 10.1 Å². The predicted molar refractivity (Wildman–Crippen MR) is 62.2 cm³/mol. The molecule has 0 bridgehead atoms. The number of H-pyrrole nitrogens is 1. The summed E-state index contributed by atoms with van der Waals surface area (Å²) in [6.45, 7) is 2.16. The Morgan fingerprint density at radius 3 is 2.88 bits per heavy atom. The summed E-state index contributed by atoms with van der Waals surface area (Å²) < 4.78 is 0. The zero-order valence-corrected chi connectivity index (χ0v) is 9.77. The van der Waals surface area contributed by atoms with Crippen LogP contribution in [0.1, 0.15) is 54.7 Å². The van der Waals surface area contributed by atoms with Crippen LogP contribution in [-0.2, 0) is 0 Å². The molecule has 0 saturated heterocycles. The second-order valence-corrected chi connectivity index (χ2v) is 4.60. The van der Waals surface area contributed by atoms with Crippen molar-refractivity contribution >= 4 is 5.97 Å². The predicted octanol–water partition coefficient (Wildman–Crippen LogP) is 1.76. The van der Waals surface area contributed by atoms with Gasteiger partial charge in [0.25, 0.3) is 5.56 Å². The summed E-state index contributed by atoms with van der Waals surface area (Å²) >= 11 is 0. The minimum Gasteiger partial charge on any atom is -0.477 e. The number of aromatic nitrogens is 2. The largest absolute Gasteiger partial charge is 0.477 e.